The quantitative estimate of drug-likeness (QED) is 0.181. The molecule has 0 spiro atoms. The number of amides is 1. The topological polar surface area (TPSA) is 147 Å². The normalized spacial score (nSPS) is 37.3. The van der Waals surface area contributed by atoms with E-state index >= 15 is 0 Å². The minimum Gasteiger partial charge on any atom is -0.392 e. The van der Waals surface area contributed by atoms with Gasteiger partial charge in [-0.25, -0.2) is 0 Å². The fraction of sp³-hybridized carbons (Fsp3) is 0.864. The largest absolute Gasteiger partial charge is 0.392 e. The van der Waals surface area contributed by atoms with Crippen molar-refractivity contribution in [1.82, 2.24) is 5.32 Å². The van der Waals surface area contributed by atoms with Crippen molar-refractivity contribution in [3.8, 4) is 0 Å². The molecule has 5 N–H and O–H groups in total. The van der Waals surface area contributed by atoms with E-state index in [-0.39, 0.29) is 31.3 Å². The van der Waals surface area contributed by atoms with Crippen LogP contribution in [-0.2, 0) is 23.7 Å². The lowest BCUT2D eigenvalue weighted by Gasteiger charge is -2.48. The zero-order chi connectivity index (χ0) is 25.1. The number of carbonyl (C=O) groups is 1. The summed E-state index contributed by atoms with van der Waals surface area (Å²) in [6, 6.07) is 0. The van der Waals surface area contributed by atoms with Gasteiger partial charge in [0.1, 0.15) is 11.5 Å². The van der Waals surface area contributed by atoms with E-state index in [1.54, 1.807) is 13.8 Å². The number of nitrogens with one attached hydrogen (secondary N) is 1. The van der Waals surface area contributed by atoms with Gasteiger partial charge in [-0.3, -0.25) is 4.79 Å². The van der Waals surface area contributed by atoms with E-state index in [1.807, 2.05) is 13.8 Å². The van der Waals surface area contributed by atoms with Crippen molar-refractivity contribution in [2.75, 3.05) is 14.2 Å². The summed E-state index contributed by atoms with van der Waals surface area (Å²) >= 11 is 0.294. The maximum absolute atomic E-state index is 13.0. The van der Waals surface area contributed by atoms with Crippen LogP contribution in [0.5, 0.6) is 0 Å². The van der Waals surface area contributed by atoms with Gasteiger partial charge in [-0.05, 0) is 6.92 Å². The van der Waals surface area contributed by atoms with Crippen molar-refractivity contribution in [3.63, 3.8) is 0 Å². The highest BCUT2D eigenvalue weighted by atomic mass is 32.2. The first-order chi connectivity index (χ1) is 15.3. The van der Waals surface area contributed by atoms with Crippen LogP contribution in [0.1, 0.15) is 47.0 Å². The van der Waals surface area contributed by atoms with Crippen LogP contribution in [0.2, 0.25) is 0 Å². The fourth-order valence-electron chi connectivity index (χ4n) is 4.34. The fourth-order valence-corrected chi connectivity index (χ4v) is 4.60. The molecule has 2 unspecified atom stereocenters. The summed E-state index contributed by atoms with van der Waals surface area (Å²) in [6.45, 7) is 11.4. The molecule has 2 saturated heterocycles. The Labute approximate surface area is 199 Å². The third-order valence-corrected chi connectivity index (χ3v) is 7.55. The molecule has 1 amide bonds. The Balaban J connectivity index is 2.15. The molecule has 2 heterocycles. The molecule has 2 fully saturated rings. The average Bonchev–Trinajstić information content (AvgIpc) is 2.77. The summed E-state index contributed by atoms with van der Waals surface area (Å²) < 4.78 is 32.0. The van der Waals surface area contributed by atoms with Crippen LogP contribution >= 0.6 is 12.0 Å². The van der Waals surface area contributed by atoms with Gasteiger partial charge in [-0.15, -0.1) is 0 Å². The Morgan fingerprint density at radius 1 is 1.33 bits per heavy atom. The van der Waals surface area contributed by atoms with E-state index in [9.17, 15) is 20.1 Å². The lowest BCUT2D eigenvalue weighted by atomic mass is 9.75. The van der Waals surface area contributed by atoms with Gasteiger partial charge in [0, 0.05) is 56.9 Å². The van der Waals surface area contributed by atoms with E-state index in [4.69, 9.17) is 23.5 Å². The highest BCUT2D eigenvalue weighted by Gasteiger charge is 2.51. The predicted molar refractivity (Wildman–Crippen MR) is 122 cm³/mol. The number of ether oxygens (including phenoxy) is 4. The van der Waals surface area contributed by atoms with Crippen LogP contribution in [0.4, 0.5) is 0 Å². The highest BCUT2D eigenvalue weighted by molar-refractivity contribution is 7.94. The van der Waals surface area contributed by atoms with Gasteiger partial charge in [-0.2, -0.15) is 0 Å². The molecule has 0 saturated carbocycles. The van der Waals surface area contributed by atoms with Crippen LogP contribution in [0.15, 0.2) is 12.2 Å². The summed E-state index contributed by atoms with van der Waals surface area (Å²) in [7, 11) is 2.73. The molecule has 2 rings (SSSR count). The summed E-state index contributed by atoms with van der Waals surface area (Å²) in [5, 5.41) is 34.1. The molecule has 0 aromatic heterocycles. The van der Waals surface area contributed by atoms with E-state index in [0.29, 0.717) is 12.0 Å². The lowest BCUT2D eigenvalue weighted by molar-refractivity contribution is -0.298. The van der Waals surface area contributed by atoms with E-state index in [0.717, 1.165) is 5.57 Å². The van der Waals surface area contributed by atoms with Crippen LogP contribution in [-0.4, -0.2) is 88.0 Å². The first-order valence-corrected chi connectivity index (χ1v) is 11.9. The van der Waals surface area contributed by atoms with Crippen molar-refractivity contribution in [1.29, 1.82) is 0 Å². The second-order valence-corrected chi connectivity index (χ2v) is 10.3. The Bertz CT molecular complexity index is 693. The minimum atomic E-state index is -1.68. The minimum absolute atomic E-state index is 0.0418. The molecule has 0 aromatic carbocycles. The van der Waals surface area contributed by atoms with Gasteiger partial charge in [0.25, 0.3) is 5.91 Å². The number of methoxy groups -OCH3 is 2. The summed E-state index contributed by atoms with van der Waals surface area (Å²) in [6.07, 6.45) is -4.86. The Hall–Kier alpha value is -0.760. The molecule has 11 heteroatoms. The molecule has 2 aliphatic rings. The van der Waals surface area contributed by atoms with Gasteiger partial charge in [-0.1, -0.05) is 32.9 Å². The lowest BCUT2D eigenvalue weighted by Crippen LogP contribution is -2.62. The van der Waals surface area contributed by atoms with Crippen LogP contribution in [0.3, 0.4) is 0 Å². The van der Waals surface area contributed by atoms with E-state index in [1.165, 1.54) is 14.2 Å². The van der Waals surface area contributed by atoms with Gasteiger partial charge in [0.15, 0.2) is 12.3 Å². The van der Waals surface area contributed by atoms with Crippen molar-refractivity contribution in [2.45, 2.75) is 94.9 Å². The zero-order valence-electron chi connectivity index (χ0n) is 20.2. The number of hydrogen-bond acceptors (Lipinski definition) is 10. The molecule has 10 nitrogen and oxygen atoms in total. The predicted octanol–water partition coefficient (Wildman–Crippen LogP) is 1.24. The van der Waals surface area contributed by atoms with E-state index < -0.39 is 53.2 Å². The molecule has 192 valence electrons. The molecular weight excluding hydrogens is 454 g/mol. The van der Waals surface area contributed by atoms with E-state index in [2.05, 4.69) is 11.9 Å². The monoisotopic (exact) mass is 493 g/mol. The van der Waals surface area contributed by atoms with Crippen molar-refractivity contribution in [2.24, 2.45) is 11.3 Å². The molecule has 9 atom stereocenters. The Kier molecular flexibility index (Phi) is 9.77. The second-order valence-electron chi connectivity index (χ2n) is 9.56. The molecule has 0 aromatic rings. The molecule has 0 bridgehead atoms. The standard InChI is InChI=1S/C22H39NO9S/c1-11-10-22(30-7,32-13(3)12(11)2)18(26)19(27)23-20(29-6)14-8-15(24)21(4,5)16(31-14)9-17(25)33-28/h12-18,20,24-26,28H,1,8-10H2,2-7H3,(H,23,27)/t12-,13?,14?,15-,16-,17-,18-,20+,22-/m1/s1. The molecule has 33 heavy (non-hydrogen) atoms. The number of aliphatic hydroxyl groups excluding tert-OH is 3. The third-order valence-electron chi connectivity index (χ3n) is 7.11. The van der Waals surface area contributed by atoms with Gasteiger partial charge >= 0.3 is 0 Å². The second kappa shape index (κ2) is 11.3. The maximum Gasteiger partial charge on any atom is 0.256 e. The average molecular weight is 494 g/mol. The van der Waals surface area contributed by atoms with Crippen LogP contribution in [0, 0.1) is 11.3 Å². The smallest absolute Gasteiger partial charge is 0.256 e. The zero-order valence-corrected chi connectivity index (χ0v) is 21.0. The number of hydrogen-bond donors (Lipinski definition) is 5. The number of aliphatic hydroxyl groups is 3. The van der Waals surface area contributed by atoms with Gasteiger partial charge in [0.2, 0.25) is 5.79 Å². The first kappa shape index (κ1) is 28.5. The van der Waals surface area contributed by atoms with Crippen molar-refractivity contribution < 1.29 is 43.6 Å². The van der Waals surface area contributed by atoms with Crippen LogP contribution in [0.25, 0.3) is 0 Å². The highest BCUT2D eigenvalue weighted by Crippen LogP contribution is 2.41. The van der Waals surface area contributed by atoms with Crippen LogP contribution < -0.4 is 5.32 Å². The molecule has 0 aliphatic carbocycles. The molecule has 2 aliphatic heterocycles. The van der Waals surface area contributed by atoms with Crippen molar-refractivity contribution in [3.05, 3.63) is 12.2 Å². The number of carbonyl (C=O) groups excluding carboxylic acids is 1. The summed E-state index contributed by atoms with van der Waals surface area (Å²) in [5.41, 5.74) is -1.01. The Morgan fingerprint density at radius 3 is 2.48 bits per heavy atom. The van der Waals surface area contributed by atoms with Gasteiger partial charge in [0.05, 0.1) is 18.3 Å². The molecule has 0 radical (unpaired) electrons. The van der Waals surface area contributed by atoms with Gasteiger partial charge < -0.3 is 44.1 Å². The Morgan fingerprint density at radius 2 is 1.97 bits per heavy atom. The number of rotatable bonds is 9. The summed E-state index contributed by atoms with van der Waals surface area (Å²) in [4.78, 5) is 13.0. The third kappa shape index (κ3) is 6.09. The summed E-state index contributed by atoms with van der Waals surface area (Å²) in [5.74, 6) is -2.34. The maximum atomic E-state index is 13.0. The molecular formula is C22H39NO9S. The SMILES string of the molecule is C=C1C[C@](OC)([C@H](O)C(=O)N[C@@H](OC)C2C[C@@H](O)C(C)(C)[C@@H](C[C@H](O)SO)O2)OC(C)[C@@H]1C. The van der Waals surface area contributed by atoms with Crippen molar-refractivity contribution >= 4 is 17.9 Å². The first-order valence-electron chi connectivity index (χ1n) is 11.1.